The number of rotatable bonds is 5. The first-order valence-electron chi connectivity index (χ1n) is 10.7. The van der Waals surface area contributed by atoms with Crippen molar-refractivity contribution in [2.45, 2.75) is 13.1 Å². The maximum Gasteiger partial charge on any atom is 0.417 e. The Hall–Kier alpha value is -3.57. The first-order valence-corrected chi connectivity index (χ1v) is 11.1. The molecule has 1 saturated heterocycles. The Morgan fingerprint density at radius 1 is 1.00 bits per heavy atom. The molecule has 1 aromatic heterocycles. The number of nitrogens with one attached hydrogen (secondary N) is 3. The summed E-state index contributed by atoms with van der Waals surface area (Å²) in [5.41, 5.74) is 0.0109. The molecule has 0 radical (unpaired) electrons. The minimum Gasteiger partial charge on any atom is -0.378 e. The van der Waals surface area contributed by atoms with Crippen LogP contribution < -0.4 is 20.9 Å². The Kier molecular flexibility index (Phi) is 7.27. The van der Waals surface area contributed by atoms with E-state index in [0.29, 0.717) is 36.2 Å². The second-order valence-electron chi connectivity index (χ2n) is 7.74. The van der Waals surface area contributed by atoms with Crippen molar-refractivity contribution in [2.24, 2.45) is 0 Å². The lowest BCUT2D eigenvalue weighted by molar-refractivity contribution is -0.137. The van der Waals surface area contributed by atoms with Gasteiger partial charge >= 0.3 is 12.2 Å². The van der Waals surface area contributed by atoms with E-state index >= 15 is 0 Å². The van der Waals surface area contributed by atoms with Crippen molar-refractivity contribution in [1.29, 1.82) is 0 Å². The number of hydrogen-bond donors (Lipinski definition) is 3. The monoisotopic (exact) mass is 506 g/mol. The lowest BCUT2D eigenvalue weighted by atomic mass is 10.2. The van der Waals surface area contributed by atoms with Crippen molar-refractivity contribution in [3.63, 3.8) is 0 Å². The van der Waals surface area contributed by atoms with Crippen LogP contribution in [0.3, 0.4) is 0 Å². The van der Waals surface area contributed by atoms with Crippen LogP contribution in [0.1, 0.15) is 11.4 Å². The topological polar surface area (TPSA) is 91.4 Å². The van der Waals surface area contributed by atoms with Gasteiger partial charge in [-0.3, -0.25) is 0 Å². The summed E-state index contributed by atoms with van der Waals surface area (Å²) >= 11 is 5.62. The summed E-state index contributed by atoms with van der Waals surface area (Å²) in [6.07, 6.45) is -4.63. The van der Waals surface area contributed by atoms with Crippen molar-refractivity contribution in [1.82, 2.24) is 9.97 Å². The van der Waals surface area contributed by atoms with Crippen LogP contribution in [-0.2, 0) is 10.9 Å². The minimum absolute atomic E-state index is 0.0411. The number of aromatic nitrogens is 2. The quantitative estimate of drug-likeness (QED) is 0.412. The molecule has 0 atom stereocenters. The summed E-state index contributed by atoms with van der Waals surface area (Å²) in [6, 6.07) is 11.1. The van der Waals surface area contributed by atoms with Gasteiger partial charge < -0.3 is 25.6 Å². The molecule has 2 aromatic carbocycles. The molecule has 1 aliphatic rings. The molecular weight excluding hydrogens is 485 g/mol. The molecule has 3 aromatic rings. The van der Waals surface area contributed by atoms with Gasteiger partial charge in [0.2, 0.25) is 0 Å². The number of alkyl halides is 3. The second-order valence-corrected chi connectivity index (χ2v) is 8.14. The predicted molar refractivity (Wildman–Crippen MR) is 129 cm³/mol. The Balaban J connectivity index is 1.43. The Morgan fingerprint density at radius 2 is 1.69 bits per heavy atom. The Labute approximate surface area is 204 Å². The van der Waals surface area contributed by atoms with Gasteiger partial charge in [-0.05, 0) is 43.3 Å². The number of nitrogens with zero attached hydrogens (tertiary/aromatic N) is 3. The highest BCUT2D eigenvalue weighted by atomic mass is 35.5. The van der Waals surface area contributed by atoms with Gasteiger partial charge in [0.15, 0.2) is 0 Å². The first kappa shape index (κ1) is 24.6. The van der Waals surface area contributed by atoms with E-state index < -0.39 is 22.8 Å². The highest BCUT2D eigenvalue weighted by Crippen LogP contribution is 2.36. The molecule has 2 amide bonds. The SMILES string of the molecule is Cc1nc(Nc2cccc(NC(=O)Nc3ccc(Cl)c(C(F)(F)F)c3)c2)cc(N2CCOCC2)n1. The lowest BCUT2D eigenvalue weighted by Gasteiger charge is -2.28. The van der Waals surface area contributed by atoms with Crippen LogP contribution >= 0.6 is 11.6 Å². The number of aryl methyl sites for hydroxylation is 1. The number of anilines is 5. The molecule has 2 heterocycles. The van der Waals surface area contributed by atoms with E-state index in [-0.39, 0.29) is 5.69 Å². The molecule has 0 unspecified atom stereocenters. The van der Waals surface area contributed by atoms with Gasteiger partial charge in [0, 0.05) is 36.2 Å². The van der Waals surface area contributed by atoms with Gasteiger partial charge in [-0.2, -0.15) is 13.2 Å². The number of amides is 2. The van der Waals surface area contributed by atoms with Gasteiger partial charge in [-0.25, -0.2) is 14.8 Å². The summed E-state index contributed by atoms with van der Waals surface area (Å²) in [6.45, 7) is 4.55. The minimum atomic E-state index is -4.63. The van der Waals surface area contributed by atoms with Crippen molar-refractivity contribution >= 4 is 46.3 Å². The van der Waals surface area contributed by atoms with Crippen molar-refractivity contribution < 1.29 is 22.7 Å². The van der Waals surface area contributed by atoms with E-state index in [1.807, 2.05) is 6.07 Å². The number of morpholine rings is 1. The third-order valence-corrected chi connectivity index (χ3v) is 5.41. The van der Waals surface area contributed by atoms with Gasteiger partial charge in [-0.1, -0.05) is 17.7 Å². The molecule has 8 nitrogen and oxygen atoms in total. The maximum absolute atomic E-state index is 13.1. The van der Waals surface area contributed by atoms with Crippen LogP contribution in [0.2, 0.25) is 5.02 Å². The van der Waals surface area contributed by atoms with Gasteiger partial charge in [0.25, 0.3) is 0 Å². The fraction of sp³-hybridized carbons (Fsp3) is 0.261. The molecule has 4 rings (SSSR count). The average Bonchev–Trinajstić information content (AvgIpc) is 2.80. The summed E-state index contributed by atoms with van der Waals surface area (Å²) in [7, 11) is 0. The zero-order chi connectivity index (χ0) is 25.0. The standard InChI is InChI=1S/C23H22ClF3N6O2/c1-14-28-20(13-21(29-14)33-7-9-35-10-8-33)30-15-3-2-4-16(11-15)31-22(34)32-17-5-6-19(24)18(12-17)23(25,26)27/h2-6,11-13H,7-10H2,1H3,(H,28,29,30)(H2,31,32,34). The molecule has 0 aliphatic carbocycles. The maximum atomic E-state index is 13.1. The summed E-state index contributed by atoms with van der Waals surface area (Å²) < 4.78 is 44.6. The molecule has 0 saturated carbocycles. The van der Waals surface area contributed by atoms with Crippen LogP contribution in [0.15, 0.2) is 48.5 Å². The van der Waals surface area contributed by atoms with E-state index in [1.165, 1.54) is 6.07 Å². The smallest absolute Gasteiger partial charge is 0.378 e. The number of hydrogen-bond acceptors (Lipinski definition) is 6. The summed E-state index contributed by atoms with van der Waals surface area (Å²) in [5.74, 6) is 1.98. The molecule has 35 heavy (non-hydrogen) atoms. The Bertz CT molecular complexity index is 1220. The molecule has 3 N–H and O–H groups in total. The molecule has 12 heteroatoms. The van der Waals surface area contributed by atoms with E-state index in [2.05, 4.69) is 30.8 Å². The third kappa shape index (κ3) is 6.52. The summed E-state index contributed by atoms with van der Waals surface area (Å²) in [4.78, 5) is 23.4. The first-order chi connectivity index (χ1) is 16.7. The number of halogens is 4. The van der Waals surface area contributed by atoms with Gasteiger partial charge in [-0.15, -0.1) is 0 Å². The zero-order valence-corrected chi connectivity index (χ0v) is 19.4. The summed E-state index contributed by atoms with van der Waals surface area (Å²) in [5, 5.41) is 7.74. The van der Waals surface area contributed by atoms with Crippen LogP contribution in [0.4, 0.5) is 46.7 Å². The number of carbonyl (C=O) groups is 1. The third-order valence-electron chi connectivity index (χ3n) is 5.08. The van der Waals surface area contributed by atoms with Crippen LogP contribution in [0.25, 0.3) is 0 Å². The van der Waals surface area contributed by atoms with Crippen LogP contribution in [0.5, 0.6) is 0 Å². The number of benzene rings is 2. The number of ether oxygens (including phenoxy) is 1. The zero-order valence-electron chi connectivity index (χ0n) is 18.6. The molecule has 0 bridgehead atoms. The lowest BCUT2D eigenvalue weighted by Crippen LogP contribution is -2.36. The van der Waals surface area contributed by atoms with Crippen molar-refractivity contribution in [3.05, 3.63) is 64.9 Å². The van der Waals surface area contributed by atoms with E-state index in [9.17, 15) is 18.0 Å². The molecule has 184 valence electrons. The molecule has 1 fully saturated rings. The van der Waals surface area contributed by atoms with Crippen LogP contribution in [0, 0.1) is 6.92 Å². The Morgan fingerprint density at radius 3 is 2.40 bits per heavy atom. The van der Waals surface area contributed by atoms with E-state index in [4.69, 9.17) is 16.3 Å². The molecule has 1 aliphatic heterocycles. The van der Waals surface area contributed by atoms with E-state index in [1.54, 1.807) is 31.2 Å². The average molecular weight is 507 g/mol. The number of urea groups is 1. The fourth-order valence-electron chi connectivity index (χ4n) is 3.51. The predicted octanol–water partition coefficient (Wildman–Crippen LogP) is 5.68. The second kappa shape index (κ2) is 10.4. The largest absolute Gasteiger partial charge is 0.417 e. The van der Waals surface area contributed by atoms with Gasteiger partial charge in [0.05, 0.1) is 23.8 Å². The normalized spacial score (nSPS) is 13.9. The highest BCUT2D eigenvalue weighted by Gasteiger charge is 2.33. The van der Waals surface area contributed by atoms with Crippen molar-refractivity contribution in [3.8, 4) is 0 Å². The van der Waals surface area contributed by atoms with Gasteiger partial charge in [0.1, 0.15) is 17.5 Å². The van der Waals surface area contributed by atoms with Crippen LogP contribution in [-0.4, -0.2) is 42.3 Å². The number of carbonyl (C=O) groups excluding carboxylic acids is 1. The van der Waals surface area contributed by atoms with Crippen molar-refractivity contribution in [2.75, 3.05) is 47.2 Å². The fourth-order valence-corrected chi connectivity index (χ4v) is 3.73. The molecular formula is C23H22ClF3N6O2. The molecule has 0 spiro atoms. The van der Waals surface area contributed by atoms with E-state index in [0.717, 1.165) is 31.0 Å². The highest BCUT2D eigenvalue weighted by molar-refractivity contribution is 6.31.